The Morgan fingerprint density at radius 1 is 1.05 bits per heavy atom. The molecule has 0 bridgehead atoms. The van der Waals surface area contributed by atoms with Crippen molar-refractivity contribution in [2.75, 3.05) is 38.2 Å². The van der Waals surface area contributed by atoms with E-state index in [4.69, 9.17) is 15.2 Å². The second-order valence-corrected chi connectivity index (χ2v) is 9.37. The fourth-order valence-electron chi connectivity index (χ4n) is 4.20. The average molecular weight is 547 g/mol. The molecular formula is C31H38N4O5. The average Bonchev–Trinajstić information content (AvgIpc) is 3.50. The van der Waals surface area contributed by atoms with E-state index in [1.165, 1.54) is 0 Å². The maximum atomic E-state index is 13.1. The number of carbonyl (C=O) groups excluding carboxylic acids is 3. The molecule has 1 aliphatic rings. The van der Waals surface area contributed by atoms with E-state index < -0.39 is 6.09 Å². The lowest BCUT2D eigenvalue weighted by molar-refractivity contribution is -0.143. The number of aliphatic imine (C=N–C) groups is 1. The number of esters is 1. The Hall–Kier alpha value is -4.32. The third kappa shape index (κ3) is 9.45. The topological polar surface area (TPSA) is 123 Å². The summed E-state index contributed by atoms with van der Waals surface area (Å²) in [7, 11) is 0. The lowest BCUT2D eigenvalue weighted by Crippen LogP contribution is -2.28. The fourth-order valence-corrected chi connectivity index (χ4v) is 4.20. The van der Waals surface area contributed by atoms with E-state index in [2.05, 4.69) is 22.2 Å². The molecule has 0 unspecified atom stereocenters. The number of carbonyl (C=O) groups is 3. The molecule has 1 fully saturated rings. The standard InChI is InChI=1S/C31H38N4O5/c1-3-5-21-40-31(38)34-29(32)24-11-14-26(15-12-24)33-18-8-9-23-10-16-27(30(37)35-19-6-7-20-35)25(22-23)13-17-28(36)39-4-2/h10-12,14-16,22,33H,3-7,13,17-21H2,1-2H3,(H2,32,34,38). The highest BCUT2D eigenvalue weighted by Gasteiger charge is 2.22. The lowest BCUT2D eigenvalue weighted by atomic mass is 9.99. The molecule has 0 spiro atoms. The predicted molar refractivity (Wildman–Crippen MR) is 155 cm³/mol. The number of nitrogens with two attached hydrogens (primary N) is 1. The molecule has 212 valence electrons. The Labute approximate surface area is 236 Å². The number of amides is 2. The van der Waals surface area contributed by atoms with Crippen LogP contribution in [0.3, 0.4) is 0 Å². The van der Waals surface area contributed by atoms with E-state index in [1.807, 2.05) is 42.2 Å². The number of unbranched alkanes of at least 4 members (excludes halogenated alkanes) is 1. The number of benzene rings is 2. The van der Waals surface area contributed by atoms with Gasteiger partial charge in [0.25, 0.3) is 5.91 Å². The number of hydrogen-bond acceptors (Lipinski definition) is 6. The van der Waals surface area contributed by atoms with Gasteiger partial charge in [0.05, 0.1) is 19.8 Å². The molecule has 1 aliphatic heterocycles. The molecule has 1 heterocycles. The van der Waals surface area contributed by atoms with Crippen molar-refractivity contribution in [1.29, 1.82) is 0 Å². The van der Waals surface area contributed by atoms with Gasteiger partial charge in [0.2, 0.25) is 0 Å². The van der Waals surface area contributed by atoms with Crippen molar-refractivity contribution >= 4 is 29.5 Å². The van der Waals surface area contributed by atoms with Gasteiger partial charge in [-0.05, 0) is 80.6 Å². The van der Waals surface area contributed by atoms with Crippen LogP contribution in [-0.4, -0.2) is 61.6 Å². The maximum absolute atomic E-state index is 13.1. The summed E-state index contributed by atoms with van der Waals surface area (Å²) in [6.07, 6.45) is 3.66. The number of nitrogens with one attached hydrogen (secondary N) is 1. The first-order valence-corrected chi connectivity index (χ1v) is 13.8. The van der Waals surface area contributed by atoms with Gasteiger partial charge in [0.1, 0.15) is 5.84 Å². The number of hydrogen-bond donors (Lipinski definition) is 2. The number of amidine groups is 1. The highest BCUT2D eigenvalue weighted by atomic mass is 16.5. The molecule has 2 amide bonds. The summed E-state index contributed by atoms with van der Waals surface area (Å²) in [5, 5.41) is 3.22. The van der Waals surface area contributed by atoms with Crippen LogP contribution in [-0.2, 0) is 20.7 Å². The molecule has 0 radical (unpaired) electrons. The highest BCUT2D eigenvalue weighted by Crippen LogP contribution is 2.19. The van der Waals surface area contributed by atoms with Crippen LogP contribution in [0.2, 0.25) is 0 Å². The molecule has 9 nitrogen and oxygen atoms in total. The minimum Gasteiger partial charge on any atom is -0.466 e. The second-order valence-electron chi connectivity index (χ2n) is 9.37. The Balaban J connectivity index is 1.61. The van der Waals surface area contributed by atoms with Crippen LogP contribution in [0, 0.1) is 11.8 Å². The Morgan fingerprint density at radius 3 is 2.50 bits per heavy atom. The molecule has 1 saturated heterocycles. The van der Waals surface area contributed by atoms with Crippen LogP contribution in [0.4, 0.5) is 10.5 Å². The second kappa shape index (κ2) is 15.9. The molecule has 40 heavy (non-hydrogen) atoms. The number of ether oxygens (including phenoxy) is 2. The molecule has 0 aliphatic carbocycles. The molecule has 9 heteroatoms. The van der Waals surface area contributed by atoms with E-state index in [0.29, 0.717) is 37.3 Å². The van der Waals surface area contributed by atoms with Gasteiger partial charge in [-0.15, -0.1) is 0 Å². The molecular weight excluding hydrogens is 508 g/mol. The van der Waals surface area contributed by atoms with E-state index in [-0.39, 0.29) is 24.1 Å². The molecule has 0 aromatic heterocycles. The van der Waals surface area contributed by atoms with Crippen LogP contribution >= 0.6 is 0 Å². The molecule has 2 aromatic rings. The van der Waals surface area contributed by atoms with Crippen molar-refractivity contribution in [1.82, 2.24) is 4.90 Å². The Bertz CT molecular complexity index is 1250. The number of nitrogens with zero attached hydrogens (tertiary/aromatic N) is 2. The maximum Gasteiger partial charge on any atom is 0.435 e. The lowest BCUT2D eigenvalue weighted by Gasteiger charge is -2.18. The van der Waals surface area contributed by atoms with Gasteiger partial charge >= 0.3 is 12.1 Å². The van der Waals surface area contributed by atoms with Gasteiger partial charge in [-0.25, -0.2) is 4.79 Å². The van der Waals surface area contributed by atoms with E-state index in [1.54, 1.807) is 19.1 Å². The van der Waals surface area contributed by atoms with Crippen molar-refractivity contribution in [2.45, 2.75) is 52.4 Å². The molecule has 0 saturated carbocycles. The summed E-state index contributed by atoms with van der Waals surface area (Å²) >= 11 is 0. The van der Waals surface area contributed by atoms with Crippen molar-refractivity contribution in [3.8, 4) is 11.8 Å². The monoisotopic (exact) mass is 546 g/mol. The van der Waals surface area contributed by atoms with Gasteiger partial charge in [-0.2, -0.15) is 4.99 Å². The van der Waals surface area contributed by atoms with Crippen LogP contribution in [0.1, 0.15) is 73.0 Å². The van der Waals surface area contributed by atoms with Gasteiger partial charge in [0, 0.05) is 41.9 Å². The van der Waals surface area contributed by atoms with Crippen LogP contribution in [0.15, 0.2) is 47.5 Å². The summed E-state index contributed by atoms with van der Waals surface area (Å²) in [5.41, 5.74) is 9.55. The normalized spacial score (nSPS) is 12.8. The minimum atomic E-state index is -0.694. The zero-order valence-electron chi connectivity index (χ0n) is 23.3. The Morgan fingerprint density at radius 2 is 1.80 bits per heavy atom. The first kappa shape index (κ1) is 30.2. The first-order valence-electron chi connectivity index (χ1n) is 13.8. The largest absolute Gasteiger partial charge is 0.466 e. The van der Waals surface area contributed by atoms with Crippen LogP contribution < -0.4 is 11.1 Å². The van der Waals surface area contributed by atoms with Crippen molar-refractivity contribution in [3.63, 3.8) is 0 Å². The minimum absolute atomic E-state index is 0.0000448. The molecule has 2 aromatic carbocycles. The van der Waals surface area contributed by atoms with Crippen molar-refractivity contribution in [3.05, 3.63) is 64.7 Å². The summed E-state index contributed by atoms with van der Waals surface area (Å²) in [6, 6.07) is 12.7. The first-order chi connectivity index (χ1) is 19.4. The van der Waals surface area contributed by atoms with E-state index in [0.717, 1.165) is 55.6 Å². The van der Waals surface area contributed by atoms with Gasteiger partial charge < -0.3 is 25.4 Å². The van der Waals surface area contributed by atoms with Gasteiger partial charge in [0.15, 0.2) is 0 Å². The highest BCUT2D eigenvalue weighted by molar-refractivity contribution is 6.03. The quantitative estimate of drug-likeness (QED) is 0.140. The summed E-state index contributed by atoms with van der Waals surface area (Å²) in [5.74, 6) is 6.04. The van der Waals surface area contributed by atoms with E-state index in [9.17, 15) is 14.4 Å². The zero-order chi connectivity index (χ0) is 28.7. The molecule has 3 rings (SSSR count). The summed E-state index contributed by atoms with van der Waals surface area (Å²) in [4.78, 5) is 42.4. The molecule has 0 atom stereocenters. The summed E-state index contributed by atoms with van der Waals surface area (Å²) in [6.45, 7) is 6.34. The third-order valence-corrected chi connectivity index (χ3v) is 6.36. The van der Waals surface area contributed by atoms with Crippen molar-refractivity contribution < 1.29 is 23.9 Å². The number of likely N-dealkylation sites (tertiary alicyclic amines) is 1. The third-order valence-electron chi connectivity index (χ3n) is 6.36. The number of anilines is 1. The SMILES string of the molecule is CCCCOC(=O)N=C(N)c1ccc(NCC#Cc2ccc(C(=O)N3CCCC3)c(CCC(=O)OCC)c2)cc1. The smallest absolute Gasteiger partial charge is 0.435 e. The predicted octanol–water partition coefficient (Wildman–Crippen LogP) is 4.52. The number of aryl methyl sites for hydroxylation is 1. The fraction of sp³-hybridized carbons (Fsp3) is 0.419. The van der Waals surface area contributed by atoms with E-state index >= 15 is 0 Å². The van der Waals surface area contributed by atoms with Crippen LogP contribution in [0.25, 0.3) is 0 Å². The van der Waals surface area contributed by atoms with Crippen LogP contribution in [0.5, 0.6) is 0 Å². The van der Waals surface area contributed by atoms with Crippen molar-refractivity contribution in [2.24, 2.45) is 10.7 Å². The summed E-state index contributed by atoms with van der Waals surface area (Å²) < 4.78 is 10.1. The van der Waals surface area contributed by atoms with Gasteiger partial charge in [-0.3, -0.25) is 9.59 Å². The van der Waals surface area contributed by atoms with Gasteiger partial charge in [-0.1, -0.05) is 25.2 Å². The zero-order valence-corrected chi connectivity index (χ0v) is 23.3. The Kier molecular flexibility index (Phi) is 12.0. The molecule has 3 N–H and O–H groups in total. The number of rotatable bonds is 11.